The van der Waals surface area contributed by atoms with Gasteiger partial charge in [-0.05, 0) is 12.1 Å². The van der Waals surface area contributed by atoms with Crippen LogP contribution < -0.4 is 0 Å². The molecule has 0 spiro atoms. The third-order valence-corrected chi connectivity index (χ3v) is 5.51. The SMILES string of the molecule is CN(C)C(=O)c1ncn2c1CN(C)S(=O)(=O)c1ccccc1-2. The van der Waals surface area contributed by atoms with Crippen LogP contribution in [0.1, 0.15) is 16.2 Å². The van der Waals surface area contributed by atoms with Gasteiger partial charge in [0.15, 0.2) is 5.69 Å². The first-order valence-electron chi connectivity index (χ1n) is 6.67. The zero-order valence-corrected chi connectivity index (χ0v) is 13.3. The Morgan fingerprint density at radius 2 is 1.95 bits per heavy atom. The van der Waals surface area contributed by atoms with Crippen LogP contribution in [0.3, 0.4) is 0 Å². The fourth-order valence-corrected chi connectivity index (χ4v) is 3.77. The summed E-state index contributed by atoms with van der Waals surface area (Å²) in [7, 11) is 1.18. The van der Waals surface area contributed by atoms with Crippen LogP contribution in [0.15, 0.2) is 35.5 Å². The highest BCUT2D eigenvalue weighted by Gasteiger charge is 2.32. The number of rotatable bonds is 1. The average molecular weight is 320 g/mol. The molecule has 2 aromatic rings. The van der Waals surface area contributed by atoms with E-state index in [9.17, 15) is 13.2 Å². The van der Waals surface area contributed by atoms with Crippen LogP contribution in [0.4, 0.5) is 0 Å². The Labute approximate surface area is 128 Å². The molecule has 0 aliphatic carbocycles. The van der Waals surface area contributed by atoms with E-state index in [2.05, 4.69) is 4.98 Å². The van der Waals surface area contributed by atoms with E-state index in [1.807, 2.05) is 0 Å². The van der Waals surface area contributed by atoms with E-state index in [1.165, 1.54) is 22.6 Å². The van der Waals surface area contributed by atoms with Gasteiger partial charge in [-0.3, -0.25) is 9.36 Å². The van der Waals surface area contributed by atoms with Crippen molar-refractivity contribution >= 4 is 15.9 Å². The molecule has 8 heteroatoms. The van der Waals surface area contributed by atoms with E-state index in [-0.39, 0.29) is 23.0 Å². The van der Waals surface area contributed by atoms with Crippen molar-refractivity contribution in [2.75, 3.05) is 21.1 Å². The topological polar surface area (TPSA) is 75.5 Å². The predicted octanol–water partition coefficient (Wildman–Crippen LogP) is 0.708. The van der Waals surface area contributed by atoms with E-state index >= 15 is 0 Å². The summed E-state index contributed by atoms with van der Waals surface area (Å²) in [5.74, 6) is -0.251. The van der Waals surface area contributed by atoms with Crippen molar-refractivity contribution in [1.82, 2.24) is 18.8 Å². The van der Waals surface area contributed by atoms with Gasteiger partial charge in [-0.1, -0.05) is 12.1 Å². The number of benzene rings is 1. The lowest BCUT2D eigenvalue weighted by molar-refractivity contribution is 0.0820. The summed E-state index contributed by atoms with van der Waals surface area (Å²) < 4.78 is 28.1. The number of hydrogen-bond donors (Lipinski definition) is 0. The average Bonchev–Trinajstić information content (AvgIpc) is 2.86. The number of nitrogens with zero attached hydrogens (tertiary/aromatic N) is 4. The van der Waals surface area contributed by atoms with Crippen LogP contribution in [0.5, 0.6) is 0 Å². The maximum atomic E-state index is 12.6. The number of fused-ring (bicyclic) bond motifs is 3. The van der Waals surface area contributed by atoms with Crippen LogP contribution >= 0.6 is 0 Å². The van der Waals surface area contributed by atoms with Crippen molar-refractivity contribution in [2.24, 2.45) is 0 Å². The molecule has 0 saturated heterocycles. The molecule has 3 rings (SSSR count). The molecule has 1 aliphatic heterocycles. The van der Waals surface area contributed by atoms with E-state index in [0.717, 1.165) is 0 Å². The zero-order valence-electron chi connectivity index (χ0n) is 12.5. The molecule has 1 aromatic carbocycles. The van der Waals surface area contributed by atoms with Gasteiger partial charge >= 0.3 is 0 Å². The quantitative estimate of drug-likeness (QED) is 0.775. The maximum Gasteiger partial charge on any atom is 0.273 e. The third kappa shape index (κ3) is 2.03. The fraction of sp³-hybridized carbons (Fsp3) is 0.286. The van der Waals surface area contributed by atoms with E-state index < -0.39 is 10.0 Å². The van der Waals surface area contributed by atoms with Gasteiger partial charge in [0.25, 0.3) is 5.91 Å². The second kappa shape index (κ2) is 4.92. The number of amides is 1. The highest BCUT2D eigenvalue weighted by atomic mass is 32.2. The molecule has 1 amide bonds. The van der Waals surface area contributed by atoms with Crippen LogP contribution in [0, 0.1) is 0 Å². The molecule has 2 heterocycles. The summed E-state index contributed by atoms with van der Waals surface area (Å²) in [6.45, 7) is 0.0892. The number of sulfonamides is 1. The predicted molar refractivity (Wildman–Crippen MR) is 80.2 cm³/mol. The third-order valence-electron chi connectivity index (χ3n) is 3.66. The Bertz CT molecular complexity index is 855. The normalized spacial score (nSPS) is 16.5. The monoisotopic (exact) mass is 320 g/mol. The summed E-state index contributed by atoms with van der Waals surface area (Å²) >= 11 is 0. The van der Waals surface area contributed by atoms with E-state index in [4.69, 9.17) is 0 Å². The first-order valence-corrected chi connectivity index (χ1v) is 8.11. The summed E-state index contributed by atoms with van der Waals surface area (Å²) in [6, 6.07) is 6.71. The van der Waals surface area contributed by atoms with Crippen molar-refractivity contribution in [3.63, 3.8) is 0 Å². The highest BCUT2D eigenvalue weighted by Crippen LogP contribution is 2.30. The standard InChI is InChI=1S/C14H16N4O3S/c1-16(2)14(19)13-11-8-17(3)22(20,21)12-7-5-4-6-10(12)18(11)9-15-13/h4-7,9H,8H2,1-3H3. The minimum Gasteiger partial charge on any atom is -0.343 e. The molecule has 0 radical (unpaired) electrons. The van der Waals surface area contributed by atoms with E-state index in [1.54, 1.807) is 42.9 Å². The largest absolute Gasteiger partial charge is 0.343 e. The Kier molecular flexibility index (Phi) is 3.30. The number of aromatic nitrogens is 2. The summed E-state index contributed by atoms with van der Waals surface area (Å²) in [4.78, 5) is 18.1. The van der Waals surface area contributed by atoms with Gasteiger partial charge < -0.3 is 4.90 Å². The molecule has 7 nitrogen and oxygen atoms in total. The van der Waals surface area contributed by atoms with Gasteiger partial charge in [-0.2, -0.15) is 4.31 Å². The number of hydrogen-bond acceptors (Lipinski definition) is 4. The van der Waals surface area contributed by atoms with Gasteiger partial charge in [0.2, 0.25) is 10.0 Å². The molecule has 0 saturated carbocycles. The number of carbonyl (C=O) groups excluding carboxylic acids is 1. The molecule has 0 unspecified atom stereocenters. The first-order chi connectivity index (χ1) is 10.3. The Morgan fingerprint density at radius 3 is 2.64 bits per heavy atom. The van der Waals surface area contributed by atoms with Crippen LogP contribution in [-0.4, -0.2) is 54.2 Å². The molecule has 0 bridgehead atoms. The fourth-order valence-electron chi connectivity index (χ4n) is 2.46. The second-order valence-corrected chi connectivity index (χ2v) is 7.35. The lowest BCUT2D eigenvalue weighted by Gasteiger charge is -2.15. The van der Waals surface area contributed by atoms with Crippen LogP contribution in [-0.2, 0) is 16.6 Å². The second-order valence-electron chi connectivity index (χ2n) is 5.34. The number of carbonyl (C=O) groups is 1. The molecule has 0 atom stereocenters. The van der Waals surface area contributed by atoms with Crippen molar-refractivity contribution in [2.45, 2.75) is 11.4 Å². The Morgan fingerprint density at radius 1 is 1.27 bits per heavy atom. The molecule has 1 aliphatic rings. The summed E-state index contributed by atoms with van der Waals surface area (Å²) in [6.07, 6.45) is 1.50. The van der Waals surface area contributed by atoms with Gasteiger partial charge in [0, 0.05) is 21.1 Å². The van der Waals surface area contributed by atoms with Crippen molar-refractivity contribution in [1.29, 1.82) is 0 Å². The molecule has 0 fully saturated rings. The zero-order chi connectivity index (χ0) is 16.1. The van der Waals surface area contributed by atoms with Gasteiger partial charge in [0.05, 0.1) is 17.9 Å². The molecular formula is C14H16N4O3S. The van der Waals surface area contributed by atoms with E-state index in [0.29, 0.717) is 11.4 Å². The van der Waals surface area contributed by atoms with Gasteiger partial charge in [-0.15, -0.1) is 0 Å². The first kappa shape index (κ1) is 14.7. The molecule has 116 valence electrons. The van der Waals surface area contributed by atoms with Gasteiger partial charge in [-0.25, -0.2) is 13.4 Å². The molecule has 0 N–H and O–H groups in total. The van der Waals surface area contributed by atoms with Crippen molar-refractivity contribution in [3.05, 3.63) is 42.0 Å². The minimum absolute atomic E-state index is 0.0892. The van der Waals surface area contributed by atoms with Crippen LogP contribution in [0.25, 0.3) is 5.69 Å². The number of para-hydroxylation sites is 1. The summed E-state index contributed by atoms with van der Waals surface area (Å²) in [5, 5.41) is 0. The lowest BCUT2D eigenvalue weighted by atomic mass is 10.2. The number of imidazole rings is 1. The van der Waals surface area contributed by atoms with Crippen molar-refractivity contribution < 1.29 is 13.2 Å². The molecular weight excluding hydrogens is 304 g/mol. The lowest BCUT2D eigenvalue weighted by Crippen LogP contribution is -2.28. The Hall–Kier alpha value is -2.19. The Balaban J connectivity index is 2.30. The smallest absolute Gasteiger partial charge is 0.273 e. The summed E-state index contributed by atoms with van der Waals surface area (Å²) in [5.41, 5.74) is 1.34. The van der Waals surface area contributed by atoms with Crippen molar-refractivity contribution in [3.8, 4) is 5.69 Å². The molecule has 1 aromatic heterocycles. The molecule has 22 heavy (non-hydrogen) atoms. The minimum atomic E-state index is -3.60. The van der Waals surface area contributed by atoms with Gasteiger partial charge in [0.1, 0.15) is 11.2 Å². The van der Waals surface area contributed by atoms with Crippen LogP contribution in [0.2, 0.25) is 0 Å². The highest BCUT2D eigenvalue weighted by molar-refractivity contribution is 7.89. The maximum absolute atomic E-state index is 12.6.